The van der Waals surface area contributed by atoms with Crippen molar-refractivity contribution in [3.05, 3.63) is 188 Å². The minimum absolute atomic E-state index is 1.10. The van der Waals surface area contributed by atoms with Crippen molar-refractivity contribution in [3.63, 3.8) is 0 Å². The molecule has 230 valence electrons. The molecule has 3 nitrogen and oxygen atoms in total. The second-order valence-electron chi connectivity index (χ2n) is 12.6. The molecule has 0 fully saturated rings. The second kappa shape index (κ2) is 11.0. The van der Waals surface area contributed by atoms with Crippen molar-refractivity contribution in [3.8, 4) is 11.4 Å². The Bertz CT molecular complexity index is 2830. The maximum atomic E-state index is 2.42. The zero-order valence-corrected chi connectivity index (χ0v) is 26.7. The highest BCUT2D eigenvalue weighted by Crippen LogP contribution is 2.44. The van der Waals surface area contributed by atoms with Crippen molar-refractivity contribution in [2.24, 2.45) is 0 Å². The number of nitrogens with zero attached hydrogens (tertiary/aromatic N) is 3. The molecule has 8 aromatic carbocycles. The standard InChI is InChI=1S/C46H31N3/c1-3-16-34(17-4-1)47(44-25-13-22-41-39-21-10-12-24-43(39)49(46(41)44)35-18-5-2-6-19-35)37-28-29-40-38-20-9-11-23-42(38)48(45(40)31-37)36-27-26-32-14-7-8-15-33(32)30-36/h1-31H. The van der Waals surface area contributed by atoms with E-state index >= 15 is 0 Å². The number of hydrogen-bond donors (Lipinski definition) is 0. The van der Waals surface area contributed by atoms with Crippen LogP contribution in [0.2, 0.25) is 0 Å². The first-order valence-electron chi connectivity index (χ1n) is 16.8. The fourth-order valence-corrected chi connectivity index (χ4v) is 7.72. The minimum atomic E-state index is 1.10. The number of aromatic nitrogens is 2. The van der Waals surface area contributed by atoms with Crippen molar-refractivity contribution < 1.29 is 0 Å². The lowest BCUT2D eigenvalue weighted by Gasteiger charge is -2.27. The van der Waals surface area contributed by atoms with Crippen molar-refractivity contribution in [2.45, 2.75) is 0 Å². The summed E-state index contributed by atoms with van der Waals surface area (Å²) < 4.78 is 4.84. The third-order valence-electron chi connectivity index (χ3n) is 9.85. The summed E-state index contributed by atoms with van der Waals surface area (Å²) in [7, 11) is 0. The Morgan fingerprint density at radius 3 is 1.73 bits per heavy atom. The first-order chi connectivity index (χ1) is 24.3. The maximum Gasteiger partial charge on any atom is 0.0782 e. The van der Waals surface area contributed by atoms with Crippen LogP contribution in [-0.4, -0.2) is 9.13 Å². The number of benzene rings is 8. The van der Waals surface area contributed by atoms with Gasteiger partial charge in [-0.3, -0.25) is 0 Å². The van der Waals surface area contributed by atoms with Gasteiger partial charge in [0.1, 0.15) is 0 Å². The van der Waals surface area contributed by atoms with E-state index in [1.54, 1.807) is 0 Å². The van der Waals surface area contributed by atoms with Crippen molar-refractivity contribution in [1.82, 2.24) is 9.13 Å². The highest BCUT2D eigenvalue weighted by Gasteiger charge is 2.22. The Hall–Kier alpha value is -6.58. The third-order valence-corrected chi connectivity index (χ3v) is 9.85. The fraction of sp³-hybridized carbons (Fsp3) is 0. The molecule has 10 rings (SSSR count). The second-order valence-corrected chi connectivity index (χ2v) is 12.6. The molecule has 2 aromatic heterocycles. The van der Waals surface area contributed by atoms with Crippen LogP contribution in [0.5, 0.6) is 0 Å². The Balaban J connectivity index is 1.28. The molecule has 0 aliphatic heterocycles. The van der Waals surface area contributed by atoms with Gasteiger partial charge in [-0.15, -0.1) is 0 Å². The zero-order valence-electron chi connectivity index (χ0n) is 26.7. The Morgan fingerprint density at radius 1 is 0.327 bits per heavy atom. The molecule has 0 aliphatic rings. The number of rotatable bonds is 5. The monoisotopic (exact) mass is 625 g/mol. The van der Waals surface area contributed by atoms with E-state index in [0.29, 0.717) is 0 Å². The fourth-order valence-electron chi connectivity index (χ4n) is 7.72. The highest BCUT2D eigenvalue weighted by molar-refractivity contribution is 6.15. The number of para-hydroxylation sites is 5. The summed E-state index contributed by atoms with van der Waals surface area (Å²) in [5.41, 5.74) is 10.4. The van der Waals surface area contributed by atoms with Gasteiger partial charge in [-0.1, -0.05) is 121 Å². The van der Waals surface area contributed by atoms with Gasteiger partial charge in [0.25, 0.3) is 0 Å². The SMILES string of the molecule is c1ccc(N(c2ccc3c4ccccc4n(-c4ccc5ccccc5c4)c3c2)c2cccc3c4ccccc4n(-c4ccccc4)c23)cc1. The smallest absolute Gasteiger partial charge is 0.0782 e. The van der Waals surface area contributed by atoms with Gasteiger partial charge in [0, 0.05) is 44.3 Å². The highest BCUT2D eigenvalue weighted by atomic mass is 15.2. The van der Waals surface area contributed by atoms with Gasteiger partial charge in [0.2, 0.25) is 0 Å². The van der Waals surface area contributed by atoms with E-state index in [2.05, 4.69) is 202 Å². The molecular formula is C46H31N3. The van der Waals surface area contributed by atoms with Crippen LogP contribution in [0.25, 0.3) is 65.8 Å². The van der Waals surface area contributed by atoms with Crippen LogP contribution in [0.15, 0.2) is 188 Å². The molecule has 2 heterocycles. The molecule has 0 atom stereocenters. The summed E-state index contributed by atoms with van der Waals surface area (Å²) in [6, 6.07) is 68.0. The van der Waals surface area contributed by atoms with E-state index in [1.165, 1.54) is 54.4 Å². The average Bonchev–Trinajstić information content (AvgIpc) is 3.69. The summed E-state index contributed by atoms with van der Waals surface area (Å²) in [5, 5.41) is 7.41. The van der Waals surface area contributed by atoms with Crippen LogP contribution >= 0.6 is 0 Å². The van der Waals surface area contributed by atoms with E-state index in [0.717, 1.165) is 28.4 Å². The molecule has 3 heteroatoms. The summed E-state index contributed by atoms with van der Waals surface area (Å²) in [4.78, 5) is 2.42. The van der Waals surface area contributed by atoms with Crippen molar-refractivity contribution >= 4 is 71.4 Å². The molecule has 49 heavy (non-hydrogen) atoms. The van der Waals surface area contributed by atoms with Gasteiger partial charge in [-0.05, 0) is 77.5 Å². The van der Waals surface area contributed by atoms with Crippen LogP contribution in [0, 0.1) is 0 Å². The molecule has 10 aromatic rings. The van der Waals surface area contributed by atoms with Crippen molar-refractivity contribution in [2.75, 3.05) is 4.90 Å². The zero-order chi connectivity index (χ0) is 32.3. The van der Waals surface area contributed by atoms with Crippen LogP contribution in [-0.2, 0) is 0 Å². The first-order valence-corrected chi connectivity index (χ1v) is 16.8. The van der Waals surface area contributed by atoms with Crippen molar-refractivity contribution in [1.29, 1.82) is 0 Å². The summed E-state index contributed by atoms with van der Waals surface area (Å²) in [6.45, 7) is 0. The van der Waals surface area contributed by atoms with Gasteiger partial charge in [0.05, 0.1) is 27.8 Å². The Labute approximate surface area is 284 Å². The quantitative estimate of drug-likeness (QED) is 0.185. The number of anilines is 3. The Morgan fingerprint density at radius 2 is 0.939 bits per heavy atom. The molecule has 0 saturated carbocycles. The van der Waals surface area contributed by atoms with Crippen LogP contribution in [0.1, 0.15) is 0 Å². The number of fused-ring (bicyclic) bond motifs is 7. The summed E-state index contributed by atoms with van der Waals surface area (Å²) in [5.74, 6) is 0. The normalized spacial score (nSPS) is 11.7. The van der Waals surface area contributed by atoms with E-state index < -0.39 is 0 Å². The van der Waals surface area contributed by atoms with Gasteiger partial charge >= 0.3 is 0 Å². The van der Waals surface area contributed by atoms with E-state index in [-0.39, 0.29) is 0 Å². The lowest BCUT2D eigenvalue weighted by molar-refractivity contribution is 1.16. The molecule has 0 bridgehead atoms. The third kappa shape index (κ3) is 4.29. The van der Waals surface area contributed by atoms with Gasteiger partial charge in [-0.2, -0.15) is 0 Å². The predicted octanol–water partition coefficient (Wildman–Crippen LogP) is 12.5. The van der Waals surface area contributed by atoms with Gasteiger partial charge in [-0.25, -0.2) is 0 Å². The molecule has 0 N–H and O–H groups in total. The molecule has 0 amide bonds. The first kappa shape index (κ1) is 27.5. The molecule has 0 saturated heterocycles. The largest absolute Gasteiger partial charge is 0.309 e. The van der Waals surface area contributed by atoms with Gasteiger partial charge in [0.15, 0.2) is 0 Å². The average molecular weight is 626 g/mol. The lowest BCUT2D eigenvalue weighted by atomic mass is 10.1. The van der Waals surface area contributed by atoms with E-state index in [9.17, 15) is 0 Å². The Kier molecular flexibility index (Phi) is 6.18. The lowest BCUT2D eigenvalue weighted by Crippen LogP contribution is -2.11. The minimum Gasteiger partial charge on any atom is -0.309 e. The summed E-state index contributed by atoms with van der Waals surface area (Å²) >= 11 is 0. The van der Waals surface area contributed by atoms with Crippen LogP contribution in [0.4, 0.5) is 17.1 Å². The molecule has 0 spiro atoms. The van der Waals surface area contributed by atoms with Gasteiger partial charge < -0.3 is 14.0 Å². The number of hydrogen-bond acceptors (Lipinski definition) is 1. The molecule has 0 radical (unpaired) electrons. The molecular weight excluding hydrogens is 595 g/mol. The maximum absolute atomic E-state index is 2.42. The van der Waals surface area contributed by atoms with E-state index in [4.69, 9.17) is 0 Å². The molecule has 0 unspecified atom stereocenters. The molecule has 0 aliphatic carbocycles. The van der Waals surface area contributed by atoms with E-state index in [1.807, 2.05) is 0 Å². The predicted molar refractivity (Wildman–Crippen MR) is 207 cm³/mol. The van der Waals surface area contributed by atoms with Crippen LogP contribution in [0.3, 0.4) is 0 Å². The summed E-state index contributed by atoms with van der Waals surface area (Å²) in [6.07, 6.45) is 0. The van der Waals surface area contributed by atoms with Crippen LogP contribution < -0.4 is 4.90 Å². The topological polar surface area (TPSA) is 13.1 Å².